The van der Waals surface area contributed by atoms with Crippen LogP contribution in [0.4, 0.5) is 4.39 Å². The molecule has 3 N–H and O–H groups in total. The highest BCUT2D eigenvalue weighted by atomic mass is 19.1. The topological polar surface area (TPSA) is 78.1 Å². The number of ether oxygens (including phenoxy) is 1. The smallest absolute Gasteiger partial charge is 0.166 e. The summed E-state index contributed by atoms with van der Waals surface area (Å²) < 4.78 is 23.9. The molecular formula is C29H29FN2O4. The number of fused-ring (bicyclic) bond motifs is 4. The maximum absolute atomic E-state index is 15.0. The monoisotopic (exact) mass is 488 g/mol. The first kappa shape index (κ1) is 20.3. The molecule has 9 rings (SSSR count). The van der Waals surface area contributed by atoms with Gasteiger partial charge in [-0.15, -0.1) is 0 Å². The average molecular weight is 489 g/mol. The molecule has 7 heteroatoms. The first-order valence-corrected chi connectivity index (χ1v) is 13.5. The van der Waals surface area contributed by atoms with Gasteiger partial charge in [-0.2, -0.15) is 0 Å². The Balaban J connectivity index is 1.38. The first-order chi connectivity index (χ1) is 17.4. The van der Waals surface area contributed by atoms with E-state index in [1.54, 1.807) is 6.07 Å². The van der Waals surface area contributed by atoms with Gasteiger partial charge >= 0.3 is 0 Å². The highest BCUT2D eigenvalue weighted by molar-refractivity contribution is 5.95. The fraction of sp³-hybridized carbons (Fsp3) is 0.517. The number of halogens is 1. The summed E-state index contributed by atoms with van der Waals surface area (Å²) in [5.74, 6) is 0.402. The summed E-state index contributed by atoms with van der Waals surface area (Å²) in [7, 11) is 0. The van der Waals surface area contributed by atoms with Gasteiger partial charge in [-0.3, -0.25) is 4.90 Å². The lowest BCUT2D eigenvalue weighted by Crippen LogP contribution is -2.74. The second-order valence-electron chi connectivity index (χ2n) is 12.1. The number of hydrogen-bond donors (Lipinski definition) is 3. The predicted octanol–water partition coefficient (Wildman–Crippen LogP) is 3.84. The Bertz CT molecular complexity index is 1530. The molecule has 2 fully saturated rings. The van der Waals surface area contributed by atoms with Crippen LogP contribution in [-0.2, 0) is 31.2 Å². The number of aromatic hydroxyl groups is 2. The van der Waals surface area contributed by atoms with Gasteiger partial charge in [-0.1, -0.05) is 6.07 Å². The summed E-state index contributed by atoms with van der Waals surface area (Å²) >= 11 is 0. The largest absolute Gasteiger partial charge is 0.504 e. The fourth-order valence-electron chi connectivity index (χ4n) is 8.94. The molecule has 186 valence electrons. The molecule has 1 spiro atoms. The quantitative estimate of drug-likeness (QED) is 0.511. The highest BCUT2D eigenvalue weighted by Crippen LogP contribution is 2.69. The van der Waals surface area contributed by atoms with Crippen LogP contribution in [0.1, 0.15) is 59.7 Å². The Morgan fingerprint density at radius 1 is 1.14 bits per heavy atom. The van der Waals surface area contributed by atoms with Crippen molar-refractivity contribution < 1.29 is 24.4 Å². The summed E-state index contributed by atoms with van der Waals surface area (Å²) in [5.41, 5.74) is 3.89. The van der Waals surface area contributed by atoms with E-state index in [0.717, 1.165) is 72.4 Å². The molecule has 6 nitrogen and oxygen atoms in total. The van der Waals surface area contributed by atoms with Crippen LogP contribution in [0.2, 0.25) is 0 Å². The maximum atomic E-state index is 15.0. The van der Waals surface area contributed by atoms with Crippen molar-refractivity contribution in [2.45, 2.75) is 74.7 Å². The third kappa shape index (κ3) is 2.08. The molecule has 0 amide bonds. The van der Waals surface area contributed by atoms with Gasteiger partial charge in [-0.25, -0.2) is 4.39 Å². The number of piperidine rings is 1. The van der Waals surface area contributed by atoms with Crippen LogP contribution in [-0.4, -0.2) is 49.5 Å². The van der Waals surface area contributed by atoms with Crippen LogP contribution in [0.25, 0.3) is 10.9 Å². The van der Waals surface area contributed by atoms with Gasteiger partial charge in [0.05, 0.1) is 22.2 Å². The average Bonchev–Trinajstić information content (AvgIpc) is 3.51. The molecule has 2 bridgehead atoms. The van der Waals surface area contributed by atoms with Gasteiger partial charge in [0.2, 0.25) is 0 Å². The van der Waals surface area contributed by atoms with E-state index in [9.17, 15) is 19.7 Å². The van der Waals surface area contributed by atoms with Crippen LogP contribution >= 0.6 is 0 Å². The number of aromatic nitrogens is 1. The van der Waals surface area contributed by atoms with Crippen molar-refractivity contribution >= 4 is 10.9 Å². The van der Waals surface area contributed by atoms with Crippen molar-refractivity contribution in [1.82, 2.24) is 9.47 Å². The Morgan fingerprint density at radius 3 is 2.83 bits per heavy atom. The number of likely N-dealkylation sites (tertiary alicyclic amines) is 1. The number of phenols is 2. The molecule has 4 heterocycles. The molecule has 3 aromatic rings. The third-order valence-corrected chi connectivity index (χ3v) is 10.5. The lowest BCUT2D eigenvalue weighted by atomic mass is 9.49. The SMILES string of the molecule is Oc1ccc2c3c1O[C@H]1c4c(c5c(O)c(F)cc6c5n4CCC6)C[C@@]4(O)[C@H](C2)N(CC2CC2)CC[C@]314. The van der Waals surface area contributed by atoms with Crippen molar-refractivity contribution in [1.29, 1.82) is 0 Å². The van der Waals surface area contributed by atoms with E-state index in [-0.39, 0.29) is 17.5 Å². The van der Waals surface area contributed by atoms with Gasteiger partial charge in [-0.05, 0) is 79.8 Å². The number of nitrogens with zero attached hydrogens (tertiary/aromatic N) is 2. The van der Waals surface area contributed by atoms with Gasteiger partial charge in [0.25, 0.3) is 0 Å². The number of hydrogen-bond acceptors (Lipinski definition) is 5. The van der Waals surface area contributed by atoms with Gasteiger partial charge in [0, 0.05) is 36.5 Å². The molecule has 1 aromatic heterocycles. The molecule has 2 aromatic carbocycles. The second-order valence-corrected chi connectivity index (χ2v) is 12.1. The summed E-state index contributed by atoms with van der Waals surface area (Å²) in [6.45, 7) is 2.65. The van der Waals surface area contributed by atoms with Crippen molar-refractivity contribution in [3.8, 4) is 17.2 Å². The Hall–Kier alpha value is -2.77. The Morgan fingerprint density at radius 2 is 2.00 bits per heavy atom. The number of aryl methyl sites for hydroxylation is 2. The Labute approximate surface area is 207 Å². The van der Waals surface area contributed by atoms with E-state index >= 15 is 0 Å². The van der Waals surface area contributed by atoms with Crippen LogP contribution in [0.15, 0.2) is 18.2 Å². The van der Waals surface area contributed by atoms with E-state index in [1.807, 2.05) is 6.07 Å². The van der Waals surface area contributed by atoms with E-state index < -0.39 is 22.9 Å². The molecule has 6 aliphatic rings. The molecular weight excluding hydrogens is 459 g/mol. The van der Waals surface area contributed by atoms with Crippen LogP contribution < -0.4 is 4.74 Å². The van der Waals surface area contributed by atoms with Crippen LogP contribution in [0, 0.1) is 11.7 Å². The maximum Gasteiger partial charge on any atom is 0.166 e. The molecule has 3 aliphatic heterocycles. The zero-order valence-electron chi connectivity index (χ0n) is 20.1. The molecule has 36 heavy (non-hydrogen) atoms. The molecule has 1 saturated carbocycles. The number of benzene rings is 2. The summed E-state index contributed by atoms with van der Waals surface area (Å²) in [4.78, 5) is 2.49. The van der Waals surface area contributed by atoms with Gasteiger partial charge < -0.3 is 24.6 Å². The molecule has 0 radical (unpaired) electrons. The number of phenolic OH excluding ortho intramolecular Hbond substituents is 2. The summed E-state index contributed by atoms with van der Waals surface area (Å²) in [6.07, 6.45) is 5.46. The van der Waals surface area contributed by atoms with Crippen molar-refractivity contribution in [2.75, 3.05) is 13.1 Å². The summed E-state index contributed by atoms with van der Waals surface area (Å²) in [5, 5.41) is 35.4. The van der Waals surface area contributed by atoms with Crippen molar-refractivity contribution in [2.24, 2.45) is 5.92 Å². The van der Waals surface area contributed by atoms with Crippen LogP contribution in [0.3, 0.4) is 0 Å². The van der Waals surface area contributed by atoms with E-state index in [4.69, 9.17) is 4.74 Å². The molecule has 4 atom stereocenters. The van der Waals surface area contributed by atoms with Gasteiger partial charge in [0.1, 0.15) is 0 Å². The van der Waals surface area contributed by atoms with Gasteiger partial charge in [0.15, 0.2) is 29.2 Å². The number of rotatable bonds is 2. The lowest BCUT2D eigenvalue weighted by Gasteiger charge is -2.63. The van der Waals surface area contributed by atoms with Crippen molar-refractivity contribution in [3.05, 3.63) is 52.0 Å². The van der Waals surface area contributed by atoms with Crippen molar-refractivity contribution in [3.63, 3.8) is 0 Å². The highest BCUT2D eigenvalue weighted by Gasteiger charge is 2.73. The lowest BCUT2D eigenvalue weighted by molar-refractivity contribution is -0.173. The number of aliphatic hydroxyl groups is 1. The predicted molar refractivity (Wildman–Crippen MR) is 130 cm³/mol. The third-order valence-electron chi connectivity index (χ3n) is 10.5. The van der Waals surface area contributed by atoms with Crippen LogP contribution in [0.5, 0.6) is 17.2 Å². The fourth-order valence-corrected chi connectivity index (χ4v) is 8.94. The minimum Gasteiger partial charge on any atom is -0.504 e. The summed E-state index contributed by atoms with van der Waals surface area (Å²) in [6, 6.07) is 5.13. The van der Waals surface area contributed by atoms with E-state index in [2.05, 4.69) is 9.47 Å². The minimum atomic E-state index is -1.14. The zero-order valence-corrected chi connectivity index (χ0v) is 20.1. The zero-order chi connectivity index (χ0) is 24.1. The minimum absolute atomic E-state index is 0.0900. The van der Waals surface area contributed by atoms with E-state index in [0.29, 0.717) is 29.9 Å². The Kier molecular flexibility index (Phi) is 3.49. The second kappa shape index (κ2) is 6.20. The molecule has 0 unspecified atom stereocenters. The standard InChI is InChI=1S/C29H29FN2O4/c30-18-10-16-2-1-8-32-23(16)21(25(18)34)17-12-29(35)20-11-15-5-6-19(33)26-22(15)28(29,27(36-26)24(17)32)7-9-31(20)13-14-3-4-14/h5-6,10,14,20,27,33-35H,1-4,7-9,11-13H2/t20-,27-,28-,29+/m0/s1. The normalized spacial score (nSPS) is 33.4. The molecule has 3 aliphatic carbocycles. The van der Waals surface area contributed by atoms with E-state index in [1.165, 1.54) is 18.9 Å². The first-order valence-electron chi connectivity index (χ1n) is 13.5. The molecule has 1 saturated heterocycles.